The molecule has 1 amide bonds. The van der Waals surface area contributed by atoms with Crippen molar-refractivity contribution < 1.29 is 14.3 Å². The van der Waals surface area contributed by atoms with E-state index in [0.29, 0.717) is 0 Å². The molecule has 0 saturated heterocycles. The topological polar surface area (TPSA) is 59.5 Å². The van der Waals surface area contributed by atoms with Gasteiger partial charge in [0.2, 0.25) is 0 Å². The summed E-state index contributed by atoms with van der Waals surface area (Å²) in [6.45, 7) is 1.56. The van der Waals surface area contributed by atoms with Gasteiger partial charge in [-0.25, -0.2) is 9.78 Å². The van der Waals surface area contributed by atoms with E-state index in [-0.39, 0.29) is 11.6 Å². The third kappa shape index (κ3) is 3.94. The van der Waals surface area contributed by atoms with Gasteiger partial charge in [-0.3, -0.25) is 4.79 Å². The SMILES string of the molecule is C[C@@H](OC(=O)c1csc(-c2ccsc2)n1)C(=O)N(C)c1ccccc1. The van der Waals surface area contributed by atoms with Crippen LogP contribution < -0.4 is 4.90 Å². The van der Waals surface area contributed by atoms with E-state index in [1.807, 2.05) is 47.2 Å². The Balaban J connectivity index is 1.65. The fourth-order valence-corrected chi connectivity index (χ4v) is 3.71. The molecule has 0 unspecified atom stereocenters. The first-order valence-electron chi connectivity index (χ1n) is 7.58. The van der Waals surface area contributed by atoms with Crippen molar-refractivity contribution in [2.75, 3.05) is 11.9 Å². The van der Waals surface area contributed by atoms with Crippen LogP contribution >= 0.6 is 22.7 Å². The van der Waals surface area contributed by atoms with Crippen LogP contribution in [-0.4, -0.2) is 30.0 Å². The lowest BCUT2D eigenvalue weighted by molar-refractivity contribution is -0.126. The van der Waals surface area contributed by atoms with Gasteiger partial charge < -0.3 is 9.64 Å². The van der Waals surface area contributed by atoms with Gasteiger partial charge in [-0.2, -0.15) is 11.3 Å². The van der Waals surface area contributed by atoms with E-state index in [9.17, 15) is 9.59 Å². The largest absolute Gasteiger partial charge is 0.448 e. The molecule has 2 aromatic heterocycles. The minimum Gasteiger partial charge on any atom is -0.448 e. The first kappa shape index (κ1) is 17.3. The third-order valence-corrected chi connectivity index (χ3v) is 5.16. The maximum atomic E-state index is 12.4. The van der Waals surface area contributed by atoms with E-state index in [0.717, 1.165) is 16.3 Å². The number of amides is 1. The van der Waals surface area contributed by atoms with Crippen molar-refractivity contribution in [2.24, 2.45) is 0 Å². The highest BCUT2D eigenvalue weighted by Crippen LogP contribution is 2.26. The van der Waals surface area contributed by atoms with E-state index >= 15 is 0 Å². The van der Waals surface area contributed by atoms with Crippen LogP contribution in [0.3, 0.4) is 0 Å². The zero-order chi connectivity index (χ0) is 17.8. The number of anilines is 1. The number of nitrogens with zero attached hydrogens (tertiary/aromatic N) is 2. The summed E-state index contributed by atoms with van der Waals surface area (Å²) in [4.78, 5) is 30.5. The van der Waals surface area contributed by atoms with Gasteiger partial charge >= 0.3 is 5.97 Å². The summed E-state index contributed by atoms with van der Waals surface area (Å²) < 4.78 is 5.29. The van der Waals surface area contributed by atoms with Crippen LogP contribution in [0, 0.1) is 0 Å². The number of esters is 1. The molecule has 0 saturated carbocycles. The molecule has 0 aliphatic heterocycles. The number of carbonyl (C=O) groups is 2. The number of thiazole rings is 1. The molecule has 0 bridgehead atoms. The van der Waals surface area contributed by atoms with Gasteiger partial charge in [0, 0.05) is 29.1 Å². The molecule has 7 heteroatoms. The summed E-state index contributed by atoms with van der Waals surface area (Å²) in [6, 6.07) is 11.1. The average molecular weight is 372 g/mol. The quantitative estimate of drug-likeness (QED) is 0.633. The van der Waals surface area contributed by atoms with Gasteiger partial charge in [-0.15, -0.1) is 11.3 Å². The summed E-state index contributed by atoms with van der Waals surface area (Å²) in [6.07, 6.45) is -0.899. The third-order valence-electron chi connectivity index (χ3n) is 3.59. The molecule has 3 aromatic rings. The predicted molar refractivity (Wildman–Crippen MR) is 100 cm³/mol. The van der Waals surface area contributed by atoms with Gasteiger partial charge in [0.1, 0.15) is 5.01 Å². The minimum atomic E-state index is -0.899. The Bertz CT molecular complexity index is 860. The zero-order valence-electron chi connectivity index (χ0n) is 13.7. The van der Waals surface area contributed by atoms with E-state index < -0.39 is 12.1 Å². The normalized spacial score (nSPS) is 11.8. The van der Waals surface area contributed by atoms with Gasteiger partial charge in [0.15, 0.2) is 11.8 Å². The van der Waals surface area contributed by atoms with Crippen molar-refractivity contribution >= 4 is 40.2 Å². The number of likely N-dealkylation sites (N-methyl/N-ethyl adjacent to an activating group) is 1. The summed E-state index contributed by atoms with van der Waals surface area (Å²) in [5.74, 6) is -0.895. The number of carbonyl (C=O) groups excluding carboxylic acids is 2. The lowest BCUT2D eigenvalue weighted by atomic mass is 10.2. The van der Waals surface area contributed by atoms with Gasteiger partial charge in [0.25, 0.3) is 5.91 Å². The van der Waals surface area contributed by atoms with Gasteiger partial charge in [-0.1, -0.05) is 18.2 Å². The molecule has 0 radical (unpaired) electrons. The molecule has 3 rings (SSSR count). The molecular weight excluding hydrogens is 356 g/mol. The second-order valence-electron chi connectivity index (χ2n) is 5.33. The van der Waals surface area contributed by atoms with Crippen LogP contribution in [0.5, 0.6) is 0 Å². The molecule has 2 heterocycles. The standard InChI is InChI=1S/C18H16N2O3S2/c1-12(17(21)20(2)14-6-4-3-5-7-14)23-18(22)15-11-25-16(19-15)13-8-9-24-10-13/h3-12H,1-2H3/t12-/m1/s1. The Hall–Kier alpha value is -2.51. The fraction of sp³-hybridized carbons (Fsp3) is 0.167. The summed E-state index contributed by atoms with van der Waals surface area (Å²) >= 11 is 2.94. The van der Waals surface area contributed by atoms with Crippen LogP contribution in [0.4, 0.5) is 5.69 Å². The number of para-hydroxylation sites is 1. The van der Waals surface area contributed by atoms with Crippen molar-refractivity contribution in [3.05, 3.63) is 58.2 Å². The predicted octanol–water partition coefficient (Wildman–Crippen LogP) is 4.08. The second-order valence-corrected chi connectivity index (χ2v) is 6.97. The molecule has 1 aromatic carbocycles. The van der Waals surface area contributed by atoms with Crippen LogP contribution in [0.25, 0.3) is 10.6 Å². The average Bonchev–Trinajstić information content (AvgIpc) is 3.32. The number of thiophene rings is 1. The Morgan fingerprint density at radius 3 is 2.60 bits per heavy atom. The van der Waals surface area contributed by atoms with E-state index in [1.54, 1.807) is 30.7 Å². The lowest BCUT2D eigenvalue weighted by Crippen LogP contribution is -2.37. The highest BCUT2D eigenvalue weighted by atomic mass is 32.1. The smallest absolute Gasteiger partial charge is 0.358 e. The number of ether oxygens (including phenoxy) is 1. The van der Waals surface area contributed by atoms with Crippen molar-refractivity contribution in [2.45, 2.75) is 13.0 Å². The lowest BCUT2D eigenvalue weighted by Gasteiger charge is -2.21. The zero-order valence-corrected chi connectivity index (χ0v) is 15.3. The summed E-state index contributed by atoms with van der Waals surface area (Å²) in [7, 11) is 1.65. The molecule has 25 heavy (non-hydrogen) atoms. The fourth-order valence-electron chi connectivity index (χ4n) is 2.21. The number of rotatable bonds is 5. The van der Waals surface area contributed by atoms with Crippen LogP contribution in [-0.2, 0) is 9.53 Å². The molecule has 128 valence electrons. The monoisotopic (exact) mass is 372 g/mol. The van der Waals surface area contributed by atoms with E-state index in [2.05, 4.69) is 4.98 Å². The Morgan fingerprint density at radius 2 is 1.92 bits per heavy atom. The molecule has 5 nitrogen and oxygen atoms in total. The molecular formula is C18H16N2O3S2. The maximum Gasteiger partial charge on any atom is 0.358 e. The van der Waals surface area contributed by atoms with Crippen molar-refractivity contribution in [3.8, 4) is 10.6 Å². The van der Waals surface area contributed by atoms with Crippen molar-refractivity contribution in [1.82, 2.24) is 4.98 Å². The second kappa shape index (κ2) is 7.58. The number of hydrogen-bond acceptors (Lipinski definition) is 6. The Kier molecular flexibility index (Phi) is 5.25. The molecule has 0 fully saturated rings. The van der Waals surface area contributed by atoms with Crippen molar-refractivity contribution in [3.63, 3.8) is 0 Å². The van der Waals surface area contributed by atoms with E-state index in [1.165, 1.54) is 16.2 Å². The summed E-state index contributed by atoms with van der Waals surface area (Å²) in [5.41, 5.74) is 1.93. The molecule has 0 N–H and O–H groups in total. The molecule has 0 aliphatic carbocycles. The molecule has 0 aliphatic rings. The van der Waals surface area contributed by atoms with Crippen LogP contribution in [0.15, 0.2) is 52.5 Å². The number of aromatic nitrogens is 1. The number of hydrogen-bond donors (Lipinski definition) is 0. The number of benzene rings is 1. The highest BCUT2D eigenvalue weighted by Gasteiger charge is 2.24. The Labute approximate surface area is 153 Å². The first-order chi connectivity index (χ1) is 12.1. The summed E-state index contributed by atoms with van der Waals surface area (Å²) in [5, 5.41) is 6.32. The van der Waals surface area contributed by atoms with Crippen molar-refractivity contribution in [1.29, 1.82) is 0 Å². The first-order valence-corrected chi connectivity index (χ1v) is 9.40. The van der Waals surface area contributed by atoms with Crippen LogP contribution in [0.2, 0.25) is 0 Å². The molecule has 1 atom stereocenters. The van der Waals surface area contributed by atoms with Gasteiger partial charge in [0.05, 0.1) is 0 Å². The van der Waals surface area contributed by atoms with Crippen LogP contribution in [0.1, 0.15) is 17.4 Å². The Morgan fingerprint density at radius 1 is 1.16 bits per heavy atom. The minimum absolute atomic E-state index is 0.216. The highest BCUT2D eigenvalue weighted by molar-refractivity contribution is 7.14. The van der Waals surface area contributed by atoms with E-state index in [4.69, 9.17) is 4.74 Å². The molecule has 0 spiro atoms. The van der Waals surface area contributed by atoms with Gasteiger partial charge in [-0.05, 0) is 30.5 Å². The maximum absolute atomic E-state index is 12.4.